The van der Waals surface area contributed by atoms with Gasteiger partial charge in [-0.15, -0.1) is 0 Å². The molecule has 4 N–H and O–H groups in total. The summed E-state index contributed by atoms with van der Waals surface area (Å²) in [5.41, 5.74) is 7.11. The number of fused-ring (bicyclic) bond motifs is 1. The number of nitrogens with one attached hydrogen (secondary N) is 4. The van der Waals surface area contributed by atoms with Gasteiger partial charge in [0.2, 0.25) is 0 Å². The molecule has 0 radical (unpaired) electrons. The molecule has 4 aromatic rings. The van der Waals surface area contributed by atoms with E-state index in [2.05, 4.69) is 80.0 Å². The van der Waals surface area contributed by atoms with Crippen molar-refractivity contribution in [2.75, 3.05) is 13.1 Å². The standard InChI is InChI=1S/C26H32N6/c1-2-13-27-17-25-31-22-12-10-20(15-24(22)32-25)19-8-5-18(6-9-19)7-11-21-16-29-26(30-21)23-4-3-14-28-23/h5-6,8-10,12,15-16,23,27-28H,2-4,7,11,13-14,17H2,1H3,(H,29,30)(H,31,32)/t23-/m0/s1. The van der Waals surface area contributed by atoms with Crippen LogP contribution in [0.25, 0.3) is 22.2 Å². The quantitative estimate of drug-likeness (QED) is 0.292. The number of benzene rings is 2. The Balaban J connectivity index is 1.21. The number of imidazole rings is 2. The van der Waals surface area contributed by atoms with Crippen LogP contribution in [-0.4, -0.2) is 33.0 Å². The number of hydrogen-bond acceptors (Lipinski definition) is 4. The van der Waals surface area contributed by atoms with Crippen LogP contribution in [0, 0.1) is 0 Å². The van der Waals surface area contributed by atoms with Crippen molar-refractivity contribution >= 4 is 11.0 Å². The lowest BCUT2D eigenvalue weighted by Gasteiger charge is -2.06. The third-order valence-electron chi connectivity index (χ3n) is 6.26. The van der Waals surface area contributed by atoms with Crippen molar-refractivity contribution < 1.29 is 0 Å². The molecule has 0 bridgehead atoms. The molecule has 1 aliphatic heterocycles. The molecule has 166 valence electrons. The largest absolute Gasteiger partial charge is 0.345 e. The molecule has 3 heterocycles. The first-order chi connectivity index (χ1) is 15.8. The van der Waals surface area contributed by atoms with E-state index in [1.807, 2.05) is 6.20 Å². The average Bonchev–Trinajstić information content (AvgIpc) is 3.58. The van der Waals surface area contributed by atoms with Crippen molar-refractivity contribution in [1.82, 2.24) is 30.6 Å². The van der Waals surface area contributed by atoms with Crippen molar-refractivity contribution in [3.63, 3.8) is 0 Å². The predicted molar refractivity (Wildman–Crippen MR) is 130 cm³/mol. The van der Waals surface area contributed by atoms with Crippen LogP contribution in [0.1, 0.15) is 55.1 Å². The van der Waals surface area contributed by atoms with E-state index in [0.717, 1.165) is 61.6 Å². The van der Waals surface area contributed by atoms with E-state index in [1.165, 1.54) is 35.2 Å². The number of aromatic amines is 2. The fourth-order valence-electron chi connectivity index (χ4n) is 4.45. The van der Waals surface area contributed by atoms with Crippen LogP contribution >= 0.6 is 0 Å². The van der Waals surface area contributed by atoms with Gasteiger partial charge in [-0.1, -0.05) is 37.3 Å². The molecule has 6 nitrogen and oxygen atoms in total. The summed E-state index contributed by atoms with van der Waals surface area (Å²) in [6.45, 7) is 5.05. The van der Waals surface area contributed by atoms with Gasteiger partial charge in [0.05, 0.1) is 23.6 Å². The number of rotatable bonds is 9. The van der Waals surface area contributed by atoms with E-state index in [4.69, 9.17) is 0 Å². The molecule has 2 aromatic carbocycles. The Morgan fingerprint density at radius 3 is 2.72 bits per heavy atom. The van der Waals surface area contributed by atoms with Gasteiger partial charge in [-0.05, 0) is 74.0 Å². The van der Waals surface area contributed by atoms with E-state index >= 15 is 0 Å². The van der Waals surface area contributed by atoms with Gasteiger partial charge in [-0.25, -0.2) is 9.97 Å². The first-order valence-electron chi connectivity index (χ1n) is 11.8. The van der Waals surface area contributed by atoms with Crippen LogP contribution in [0.15, 0.2) is 48.7 Å². The summed E-state index contributed by atoms with van der Waals surface area (Å²) in [6, 6.07) is 15.8. The Labute approximate surface area is 189 Å². The number of aryl methyl sites for hydroxylation is 2. The first-order valence-corrected chi connectivity index (χ1v) is 11.8. The van der Waals surface area contributed by atoms with Crippen LogP contribution in [0.5, 0.6) is 0 Å². The van der Waals surface area contributed by atoms with Crippen molar-refractivity contribution in [3.05, 3.63) is 71.6 Å². The Morgan fingerprint density at radius 1 is 1.03 bits per heavy atom. The van der Waals surface area contributed by atoms with Crippen LogP contribution in [0.2, 0.25) is 0 Å². The van der Waals surface area contributed by atoms with E-state index < -0.39 is 0 Å². The fourth-order valence-corrected chi connectivity index (χ4v) is 4.45. The predicted octanol–water partition coefficient (Wildman–Crippen LogP) is 4.66. The second kappa shape index (κ2) is 9.67. The van der Waals surface area contributed by atoms with Gasteiger partial charge in [0.25, 0.3) is 0 Å². The average molecular weight is 429 g/mol. The van der Waals surface area contributed by atoms with Gasteiger partial charge in [-0.2, -0.15) is 0 Å². The molecular formula is C26H32N6. The minimum Gasteiger partial charge on any atom is -0.345 e. The molecule has 6 heteroatoms. The zero-order valence-electron chi connectivity index (χ0n) is 18.7. The number of nitrogens with zero attached hydrogens (tertiary/aromatic N) is 2. The highest BCUT2D eigenvalue weighted by molar-refractivity contribution is 5.82. The Bertz CT molecular complexity index is 1150. The molecule has 1 fully saturated rings. The lowest BCUT2D eigenvalue weighted by atomic mass is 10.0. The smallest absolute Gasteiger partial charge is 0.123 e. The summed E-state index contributed by atoms with van der Waals surface area (Å²) in [5, 5.41) is 6.90. The zero-order valence-corrected chi connectivity index (χ0v) is 18.7. The maximum Gasteiger partial charge on any atom is 0.123 e. The van der Waals surface area contributed by atoms with Crippen molar-refractivity contribution in [1.29, 1.82) is 0 Å². The van der Waals surface area contributed by atoms with Crippen molar-refractivity contribution in [2.24, 2.45) is 0 Å². The summed E-state index contributed by atoms with van der Waals surface area (Å²) in [5.74, 6) is 2.08. The van der Waals surface area contributed by atoms with Gasteiger partial charge in [0.15, 0.2) is 0 Å². The lowest BCUT2D eigenvalue weighted by molar-refractivity contribution is 0.611. The second-order valence-corrected chi connectivity index (χ2v) is 8.73. The molecule has 2 aromatic heterocycles. The highest BCUT2D eigenvalue weighted by Gasteiger charge is 2.18. The second-order valence-electron chi connectivity index (χ2n) is 8.73. The molecule has 32 heavy (non-hydrogen) atoms. The van der Waals surface area contributed by atoms with Gasteiger partial charge in [0.1, 0.15) is 11.6 Å². The van der Waals surface area contributed by atoms with Gasteiger partial charge < -0.3 is 20.6 Å². The molecule has 0 aliphatic carbocycles. The molecule has 5 rings (SSSR count). The zero-order chi connectivity index (χ0) is 21.8. The van der Waals surface area contributed by atoms with Crippen molar-refractivity contribution in [2.45, 2.75) is 51.6 Å². The summed E-state index contributed by atoms with van der Waals surface area (Å²) in [6.07, 6.45) is 7.52. The first kappa shape index (κ1) is 20.9. The van der Waals surface area contributed by atoms with Gasteiger partial charge >= 0.3 is 0 Å². The monoisotopic (exact) mass is 428 g/mol. The highest BCUT2D eigenvalue weighted by Crippen LogP contribution is 2.25. The summed E-state index contributed by atoms with van der Waals surface area (Å²) in [7, 11) is 0. The van der Waals surface area contributed by atoms with Crippen LogP contribution in [0.4, 0.5) is 0 Å². The van der Waals surface area contributed by atoms with E-state index in [1.54, 1.807) is 0 Å². The topological polar surface area (TPSA) is 81.4 Å². The maximum atomic E-state index is 4.68. The van der Waals surface area contributed by atoms with E-state index in [9.17, 15) is 0 Å². The number of aromatic nitrogens is 4. The Hall–Kier alpha value is -2.96. The number of H-pyrrole nitrogens is 2. The molecule has 1 aliphatic rings. The van der Waals surface area contributed by atoms with Crippen molar-refractivity contribution in [3.8, 4) is 11.1 Å². The minimum absolute atomic E-state index is 0.402. The molecule has 0 saturated carbocycles. The van der Waals surface area contributed by atoms with E-state index in [-0.39, 0.29) is 0 Å². The van der Waals surface area contributed by atoms with E-state index in [0.29, 0.717) is 6.04 Å². The fraction of sp³-hybridized carbons (Fsp3) is 0.385. The maximum absolute atomic E-state index is 4.68. The van der Waals surface area contributed by atoms with Gasteiger partial charge in [0, 0.05) is 11.9 Å². The SMILES string of the molecule is CCCNCc1nc2ccc(-c3ccc(CCc4cnc([C@@H]5CCCN5)[nH]4)cc3)cc2[nH]1. The van der Waals surface area contributed by atoms with Crippen LogP contribution in [0.3, 0.4) is 0 Å². The number of hydrogen-bond donors (Lipinski definition) is 4. The molecule has 0 spiro atoms. The van der Waals surface area contributed by atoms with Crippen LogP contribution < -0.4 is 10.6 Å². The van der Waals surface area contributed by atoms with Crippen LogP contribution in [-0.2, 0) is 19.4 Å². The minimum atomic E-state index is 0.402. The molecule has 1 saturated heterocycles. The summed E-state index contributed by atoms with van der Waals surface area (Å²) in [4.78, 5) is 16.2. The van der Waals surface area contributed by atoms with Gasteiger partial charge in [-0.3, -0.25) is 0 Å². The third kappa shape index (κ3) is 4.76. The summed E-state index contributed by atoms with van der Waals surface area (Å²) < 4.78 is 0. The normalized spacial score (nSPS) is 16.2. The summed E-state index contributed by atoms with van der Waals surface area (Å²) >= 11 is 0. The highest BCUT2D eigenvalue weighted by atomic mass is 15.0. The molecular weight excluding hydrogens is 396 g/mol. The molecule has 0 amide bonds. The molecule has 0 unspecified atom stereocenters. The third-order valence-corrected chi connectivity index (χ3v) is 6.26. The molecule has 1 atom stereocenters. The lowest BCUT2D eigenvalue weighted by Crippen LogP contribution is -2.14. The Kier molecular flexibility index (Phi) is 6.32. The Morgan fingerprint density at radius 2 is 1.91 bits per heavy atom.